The van der Waals surface area contributed by atoms with Crippen LogP contribution < -0.4 is 15.2 Å². The summed E-state index contributed by atoms with van der Waals surface area (Å²) in [5.74, 6) is 0.416. The number of allylic oxidation sites excluding steroid dienone is 1. The van der Waals surface area contributed by atoms with Crippen LogP contribution in [0.25, 0.3) is 11.3 Å². The third-order valence-corrected chi connectivity index (χ3v) is 5.50. The van der Waals surface area contributed by atoms with Gasteiger partial charge in [0.05, 0.1) is 33.8 Å². The lowest BCUT2D eigenvalue weighted by Crippen LogP contribution is -2.21. The van der Waals surface area contributed by atoms with Crippen molar-refractivity contribution in [2.24, 2.45) is 5.73 Å². The molecule has 1 aliphatic rings. The summed E-state index contributed by atoms with van der Waals surface area (Å²) in [6.45, 7) is 2.47. The van der Waals surface area contributed by atoms with Crippen LogP contribution in [-0.2, 0) is 0 Å². The summed E-state index contributed by atoms with van der Waals surface area (Å²) in [6.07, 6.45) is 0. The van der Waals surface area contributed by atoms with Crippen molar-refractivity contribution in [3.63, 3.8) is 0 Å². The lowest BCUT2D eigenvalue weighted by Gasteiger charge is -2.25. The molecule has 29 heavy (non-hydrogen) atoms. The molecule has 2 aromatic carbocycles. The van der Waals surface area contributed by atoms with Crippen LogP contribution in [0, 0.1) is 11.3 Å². The van der Waals surface area contributed by atoms with E-state index in [0.717, 1.165) is 11.3 Å². The summed E-state index contributed by atoms with van der Waals surface area (Å²) in [5, 5.41) is 17.8. The number of hydrogen-bond donors (Lipinski definition) is 2. The number of nitrogens with zero attached hydrogens (tertiary/aromatic N) is 2. The first-order chi connectivity index (χ1) is 14.0. The van der Waals surface area contributed by atoms with Crippen LogP contribution in [0.2, 0.25) is 10.0 Å². The van der Waals surface area contributed by atoms with E-state index in [-0.39, 0.29) is 11.5 Å². The van der Waals surface area contributed by atoms with Crippen molar-refractivity contribution in [1.82, 2.24) is 10.2 Å². The maximum atomic E-state index is 9.80. The van der Waals surface area contributed by atoms with Gasteiger partial charge in [0.15, 0.2) is 0 Å². The van der Waals surface area contributed by atoms with Gasteiger partial charge in [0.25, 0.3) is 0 Å². The van der Waals surface area contributed by atoms with Crippen LogP contribution in [0.5, 0.6) is 11.6 Å². The average molecular weight is 427 g/mol. The van der Waals surface area contributed by atoms with Crippen molar-refractivity contribution >= 4 is 23.2 Å². The van der Waals surface area contributed by atoms with E-state index in [2.05, 4.69) is 16.3 Å². The fraction of sp³-hybridized carbons (Fsp3) is 0.143. The zero-order chi connectivity index (χ0) is 20.5. The highest BCUT2D eigenvalue weighted by atomic mass is 35.5. The topological polar surface area (TPSA) is 97.0 Å². The van der Waals surface area contributed by atoms with Gasteiger partial charge in [-0.2, -0.15) is 5.26 Å². The summed E-state index contributed by atoms with van der Waals surface area (Å²) >= 11 is 12.7. The number of H-pyrrole nitrogens is 1. The Kier molecular flexibility index (Phi) is 5.10. The van der Waals surface area contributed by atoms with E-state index in [1.807, 2.05) is 37.3 Å². The predicted octanol–water partition coefficient (Wildman–Crippen LogP) is 5.00. The molecule has 3 N–H and O–H groups in total. The summed E-state index contributed by atoms with van der Waals surface area (Å²) in [7, 11) is 0. The SMILES string of the molecule is CCOc1cccc(-c2[nH]nc3c2C(c2cccc(Cl)c2Cl)C(C#N)=C(N)O3)c1. The van der Waals surface area contributed by atoms with Gasteiger partial charge in [-0.25, -0.2) is 0 Å². The third-order valence-electron chi connectivity index (χ3n) is 4.67. The Labute approximate surface area is 177 Å². The number of benzene rings is 2. The molecule has 6 nitrogen and oxygen atoms in total. The number of hydrogen-bond acceptors (Lipinski definition) is 5. The highest BCUT2D eigenvalue weighted by molar-refractivity contribution is 6.42. The number of nitrogens with two attached hydrogens (primary N) is 1. The van der Waals surface area contributed by atoms with E-state index in [1.54, 1.807) is 12.1 Å². The second-order valence-corrected chi connectivity index (χ2v) is 7.13. The average Bonchev–Trinajstić information content (AvgIpc) is 3.13. The maximum Gasteiger partial charge on any atom is 0.244 e. The van der Waals surface area contributed by atoms with E-state index in [9.17, 15) is 5.26 Å². The van der Waals surface area contributed by atoms with Crippen LogP contribution in [0.15, 0.2) is 53.9 Å². The van der Waals surface area contributed by atoms with Crippen molar-refractivity contribution in [3.8, 4) is 29.0 Å². The standard InChI is InChI=1S/C21H16Cl2N4O2/c1-2-28-12-6-3-5-11(9-12)19-17-16(13-7-4-8-15(22)18(13)23)14(10-24)20(25)29-21(17)27-26-19/h3-9,16H,2,25H2,1H3,(H,26,27). The van der Waals surface area contributed by atoms with E-state index < -0.39 is 5.92 Å². The molecule has 0 saturated heterocycles. The Balaban J connectivity index is 1.95. The van der Waals surface area contributed by atoms with Crippen LogP contribution in [0.4, 0.5) is 0 Å². The molecule has 1 atom stereocenters. The predicted molar refractivity (Wildman–Crippen MR) is 111 cm³/mol. The fourth-order valence-corrected chi connectivity index (χ4v) is 3.84. The molecule has 2 heterocycles. The molecular weight excluding hydrogens is 411 g/mol. The minimum absolute atomic E-state index is 0.0119. The first-order valence-corrected chi connectivity index (χ1v) is 9.63. The van der Waals surface area contributed by atoms with Crippen LogP contribution in [0.3, 0.4) is 0 Å². The first kappa shape index (κ1) is 19.2. The number of aromatic nitrogens is 2. The number of rotatable bonds is 4. The first-order valence-electron chi connectivity index (χ1n) is 8.88. The van der Waals surface area contributed by atoms with Crippen molar-refractivity contribution in [2.45, 2.75) is 12.8 Å². The zero-order valence-electron chi connectivity index (χ0n) is 15.4. The Morgan fingerprint density at radius 2 is 2.07 bits per heavy atom. The van der Waals surface area contributed by atoms with Gasteiger partial charge in [0.2, 0.25) is 11.8 Å². The van der Waals surface area contributed by atoms with Gasteiger partial charge in [-0.3, -0.25) is 5.10 Å². The van der Waals surface area contributed by atoms with Crippen molar-refractivity contribution in [3.05, 3.63) is 75.1 Å². The summed E-state index contributed by atoms with van der Waals surface area (Å²) in [5.41, 5.74) is 9.07. The van der Waals surface area contributed by atoms with Crippen molar-refractivity contribution < 1.29 is 9.47 Å². The Morgan fingerprint density at radius 1 is 1.28 bits per heavy atom. The number of ether oxygens (including phenoxy) is 2. The van der Waals surface area contributed by atoms with E-state index >= 15 is 0 Å². The zero-order valence-corrected chi connectivity index (χ0v) is 16.9. The fourth-order valence-electron chi connectivity index (χ4n) is 3.43. The van der Waals surface area contributed by atoms with Gasteiger partial charge in [-0.05, 0) is 30.7 Å². The van der Waals surface area contributed by atoms with Crippen LogP contribution >= 0.6 is 23.2 Å². The highest BCUT2D eigenvalue weighted by Crippen LogP contribution is 2.48. The van der Waals surface area contributed by atoms with Gasteiger partial charge in [0.1, 0.15) is 17.4 Å². The maximum absolute atomic E-state index is 9.80. The summed E-state index contributed by atoms with van der Waals surface area (Å²) < 4.78 is 11.2. The molecule has 0 bridgehead atoms. The van der Waals surface area contributed by atoms with Crippen LogP contribution in [0.1, 0.15) is 24.0 Å². The molecule has 1 unspecified atom stereocenters. The Hall–Kier alpha value is -3.14. The highest BCUT2D eigenvalue weighted by Gasteiger charge is 2.37. The number of nitrogens with one attached hydrogen (secondary N) is 1. The van der Waals surface area contributed by atoms with E-state index in [1.165, 1.54) is 0 Å². The van der Waals surface area contributed by atoms with Gasteiger partial charge < -0.3 is 15.2 Å². The third kappa shape index (κ3) is 3.29. The molecule has 0 fully saturated rings. The normalized spacial score (nSPS) is 15.4. The molecule has 0 radical (unpaired) electrons. The summed E-state index contributed by atoms with van der Waals surface area (Å²) in [4.78, 5) is 0. The molecule has 4 rings (SSSR count). The van der Waals surface area contributed by atoms with Crippen LogP contribution in [-0.4, -0.2) is 16.8 Å². The second kappa shape index (κ2) is 7.70. The minimum Gasteiger partial charge on any atom is -0.494 e. The van der Waals surface area contributed by atoms with Gasteiger partial charge in [-0.1, -0.05) is 47.5 Å². The monoisotopic (exact) mass is 426 g/mol. The smallest absolute Gasteiger partial charge is 0.244 e. The van der Waals surface area contributed by atoms with Crippen molar-refractivity contribution in [1.29, 1.82) is 5.26 Å². The van der Waals surface area contributed by atoms with Gasteiger partial charge in [-0.15, -0.1) is 5.10 Å². The lowest BCUT2D eigenvalue weighted by molar-refractivity contribution is 0.340. The molecular formula is C21H16Cl2N4O2. The van der Waals surface area contributed by atoms with E-state index in [0.29, 0.717) is 39.4 Å². The molecule has 146 valence electrons. The molecule has 0 saturated carbocycles. The second-order valence-electron chi connectivity index (χ2n) is 6.35. The molecule has 0 spiro atoms. The van der Waals surface area contributed by atoms with Gasteiger partial charge >= 0.3 is 0 Å². The molecule has 1 aliphatic heterocycles. The molecule has 0 aliphatic carbocycles. The minimum atomic E-state index is -0.584. The Morgan fingerprint density at radius 3 is 2.83 bits per heavy atom. The number of nitriles is 1. The largest absolute Gasteiger partial charge is 0.494 e. The molecule has 3 aromatic rings. The molecule has 0 amide bonds. The van der Waals surface area contributed by atoms with Gasteiger partial charge in [0, 0.05) is 5.56 Å². The Bertz CT molecular complexity index is 1160. The number of halogens is 2. The quantitative estimate of drug-likeness (QED) is 0.611. The van der Waals surface area contributed by atoms with Crippen molar-refractivity contribution in [2.75, 3.05) is 6.61 Å². The molecule has 8 heteroatoms. The number of fused-ring (bicyclic) bond motifs is 1. The lowest BCUT2D eigenvalue weighted by atomic mass is 9.83. The number of aromatic amines is 1. The summed E-state index contributed by atoms with van der Waals surface area (Å²) in [6, 6.07) is 15.0. The molecule has 1 aromatic heterocycles. The van der Waals surface area contributed by atoms with E-state index in [4.69, 9.17) is 38.4 Å².